The number of hydrogen-bond acceptors (Lipinski definition) is 6. The van der Waals surface area contributed by atoms with E-state index in [9.17, 15) is 9.90 Å². The number of pyridine rings is 1. The Hall–Kier alpha value is -1.70. The molecule has 7 heteroatoms. The summed E-state index contributed by atoms with van der Waals surface area (Å²) in [5.74, 6) is -0.0386. The van der Waals surface area contributed by atoms with Crippen molar-refractivity contribution in [3.63, 3.8) is 0 Å². The van der Waals surface area contributed by atoms with E-state index in [1.165, 1.54) is 12.8 Å². The zero-order chi connectivity index (χ0) is 17.5. The fourth-order valence-corrected chi connectivity index (χ4v) is 3.49. The number of ether oxygens (including phenoxy) is 1. The van der Waals surface area contributed by atoms with Gasteiger partial charge in [0.25, 0.3) is 5.91 Å². The predicted molar refractivity (Wildman–Crippen MR) is 95.7 cm³/mol. The first-order valence-electron chi connectivity index (χ1n) is 9.20. The van der Waals surface area contributed by atoms with Crippen molar-refractivity contribution in [3.8, 4) is 0 Å². The molecule has 138 valence electrons. The number of carbonyl (C=O) groups excluding carboxylic acids is 1. The lowest BCUT2D eigenvalue weighted by molar-refractivity contribution is 0.0299. The molecule has 0 aliphatic carbocycles. The fraction of sp³-hybridized carbons (Fsp3) is 0.667. The van der Waals surface area contributed by atoms with Crippen LogP contribution in [0.2, 0.25) is 0 Å². The first-order valence-corrected chi connectivity index (χ1v) is 9.20. The number of rotatable bonds is 6. The van der Waals surface area contributed by atoms with E-state index < -0.39 is 0 Å². The zero-order valence-electron chi connectivity index (χ0n) is 14.7. The summed E-state index contributed by atoms with van der Waals surface area (Å²) < 4.78 is 5.29. The second kappa shape index (κ2) is 9.12. The molecule has 1 aromatic heterocycles. The van der Waals surface area contributed by atoms with Crippen molar-refractivity contribution in [2.45, 2.75) is 25.3 Å². The number of amides is 1. The maximum Gasteiger partial charge on any atom is 0.272 e. The number of nitrogens with one attached hydrogen (secondary N) is 1. The molecule has 2 N–H and O–H groups in total. The van der Waals surface area contributed by atoms with Gasteiger partial charge in [-0.3, -0.25) is 14.7 Å². The van der Waals surface area contributed by atoms with E-state index in [1.807, 2.05) is 12.1 Å². The molecule has 2 aliphatic heterocycles. The Morgan fingerprint density at radius 1 is 1.32 bits per heavy atom. The molecule has 1 amide bonds. The number of aliphatic hydroxyl groups is 1. The summed E-state index contributed by atoms with van der Waals surface area (Å²) >= 11 is 0. The van der Waals surface area contributed by atoms with Crippen LogP contribution in [0.25, 0.3) is 0 Å². The van der Waals surface area contributed by atoms with Gasteiger partial charge in [0.15, 0.2) is 0 Å². The maximum absolute atomic E-state index is 12.5. The lowest BCUT2D eigenvalue weighted by Gasteiger charge is -2.34. The van der Waals surface area contributed by atoms with Crippen LogP contribution in [0.4, 0.5) is 5.69 Å². The predicted octanol–water partition coefficient (Wildman–Crippen LogP) is 0.813. The molecule has 2 saturated heterocycles. The van der Waals surface area contributed by atoms with Crippen LogP contribution in [0.15, 0.2) is 18.3 Å². The van der Waals surface area contributed by atoms with Gasteiger partial charge in [-0.2, -0.15) is 0 Å². The molecule has 2 aliphatic rings. The zero-order valence-corrected chi connectivity index (χ0v) is 14.7. The molecule has 3 heterocycles. The lowest BCUT2D eigenvalue weighted by Crippen LogP contribution is -2.44. The van der Waals surface area contributed by atoms with Gasteiger partial charge < -0.3 is 20.1 Å². The Balaban J connectivity index is 1.52. The van der Waals surface area contributed by atoms with E-state index in [0.29, 0.717) is 32.0 Å². The molecule has 1 atom stereocenters. The summed E-state index contributed by atoms with van der Waals surface area (Å²) in [7, 11) is 0. The van der Waals surface area contributed by atoms with Crippen LogP contribution < -0.4 is 5.32 Å². The lowest BCUT2D eigenvalue weighted by atomic mass is 10.0. The number of morpholine rings is 1. The summed E-state index contributed by atoms with van der Waals surface area (Å²) in [5.41, 5.74) is 1.38. The van der Waals surface area contributed by atoms with Crippen LogP contribution in [0.5, 0.6) is 0 Å². The molecule has 0 bridgehead atoms. The minimum atomic E-state index is -0.0386. The first kappa shape index (κ1) is 18.1. The third-order valence-electron chi connectivity index (χ3n) is 4.97. The van der Waals surface area contributed by atoms with Crippen molar-refractivity contribution in [1.29, 1.82) is 0 Å². The molecule has 3 rings (SSSR count). The van der Waals surface area contributed by atoms with Gasteiger partial charge in [0, 0.05) is 44.1 Å². The number of hydrogen-bond donors (Lipinski definition) is 2. The molecule has 1 aromatic rings. The van der Waals surface area contributed by atoms with Gasteiger partial charge in [-0.1, -0.05) is 6.42 Å². The quantitative estimate of drug-likeness (QED) is 0.792. The van der Waals surface area contributed by atoms with Gasteiger partial charge in [-0.15, -0.1) is 0 Å². The van der Waals surface area contributed by atoms with Gasteiger partial charge in [-0.05, 0) is 31.5 Å². The third-order valence-corrected chi connectivity index (χ3v) is 4.97. The number of likely N-dealkylation sites (tertiary alicyclic amines) is 1. The van der Waals surface area contributed by atoms with Crippen LogP contribution in [0.3, 0.4) is 0 Å². The minimum absolute atomic E-state index is 0.0386. The molecular weight excluding hydrogens is 320 g/mol. The topological polar surface area (TPSA) is 77.9 Å². The molecule has 2 fully saturated rings. The van der Waals surface area contributed by atoms with Crippen molar-refractivity contribution in [1.82, 2.24) is 14.8 Å². The van der Waals surface area contributed by atoms with Crippen molar-refractivity contribution < 1.29 is 14.6 Å². The molecular formula is C18H28N4O3. The number of aliphatic hydroxyl groups excluding tert-OH is 1. The number of aromatic nitrogens is 1. The summed E-state index contributed by atoms with van der Waals surface area (Å²) in [4.78, 5) is 20.9. The summed E-state index contributed by atoms with van der Waals surface area (Å²) in [5, 5.41) is 12.9. The highest BCUT2D eigenvalue weighted by Gasteiger charge is 2.21. The second-order valence-electron chi connectivity index (χ2n) is 6.63. The molecule has 0 saturated carbocycles. The van der Waals surface area contributed by atoms with Crippen molar-refractivity contribution in [3.05, 3.63) is 24.0 Å². The first-order chi connectivity index (χ1) is 12.3. The normalized spacial score (nSPS) is 22.0. The van der Waals surface area contributed by atoms with E-state index in [-0.39, 0.29) is 18.6 Å². The molecule has 0 aromatic carbocycles. The van der Waals surface area contributed by atoms with Gasteiger partial charge >= 0.3 is 0 Å². The highest BCUT2D eigenvalue weighted by Crippen LogP contribution is 2.16. The number of nitrogens with zero attached hydrogens (tertiary/aromatic N) is 3. The average Bonchev–Trinajstić information content (AvgIpc) is 2.69. The average molecular weight is 348 g/mol. The monoisotopic (exact) mass is 348 g/mol. The van der Waals surface area contributed by atoms with Gasteiger partial charge in [0.2, 0.25) is 0 Å². The van der Waals surface area contributed by atoms with E-state index in [1.54, 1.807) is 11.1 Å². The summed E-state index contributed by atoms with van der Waals surface area (Å²) in [6.07, 6.45) is 5.15. The highest BCUT2D eigenvalue weighted by atomic mass is 16.5. The van der Waals surface area contributed by atoms with Crippen LogP contribution in [-0.4, -0.2) is 84.4 Å². The van der Waals surface area contributed by atoms with Gasteiger partial charge in [-0.25, -0.2) is 0 Å². The van der Waals surface area contributed by atoms with Crippen LogP contribution >= 0.6 is 0 Å². The maximum atomic E-state index is 12.5. The SMILES string of the molecule is O=C(c1cc(NCCN2CCCC[C@@H]2CO)ccn1)N1CCOCC1. The van der Waals surface area contributed by atoms with Crippen molar-refractivity contribution >= 4 is 11.6 Å². The van der Waals surface area contributed by atoms with Gasteiger partial charge in [0.1, 0.15) is 5.69 Å². The Kier molecular flexibility index (Phi) is 6.61. The molecule has 25 heavy (non-hydrogen) atoms. The smallest absolute Gasteiger partial charge is 0.272 e. The summed E-state index contributed by atoms with van der Waals surface area (Å²) in [6, 6.07) is 3.99. The van der Waals surface area contributed by atoms with E-state index in [0.717, 1.165) is 31.7 Å². The standard InChI is InChI=1S/C18H28N4O3/c23-14-16-3-1-2-7-21(16)8-6-19-15-4-5-20-17(13-15)18(24)22-9-11-25-12-10-22/h4-5,13,16,23H,1-3,6-12,14H2,(H,19,20)/t16-/m1/s1. The Bertz CT molecular complexity index is 563. The Morgan fingerprint density at radius 3 is 2.96 bits per heavy atom. The molecule has 0 radical (unpaired) electrons. The van der Waals surface area contributed by atoms with Crippen LogP contribution in [0.1, 0.15) is 29.8 Å². The molecule has 0 spiro atoms. The Morgan fingerprint density at radius 2 is 2.16 bits per heavy atom. The minimum Gasteiger partial charge on any atom is -0.395 e. The number of carbonyl (C=O) groups is 1. The van der Waals surface area contributed by atoms with Crippen molar-refractivity contribution in [2.24, 2.45) is 0 Å². The number of piperidine rings is 1. The van der Waals surface area contributed by atoms with E-state index in [4.69, 9.17) is 4.74 Å². The summed E-state index contributed by atoms with van der Waals surface area (Å²) in [6.45, 7) is 5.37. The molecule has 7 nitrogen and oxygen atoms in total. The van der Waals surface area contributed by atoms with E-state index >= 15 is 0 Å². The fourth-order valence-electron chi connectivity index (χ4n) is 3.49. The van der Waals surface area contributed by atoms with Crippen LogP contribution in [0, 0.1) is 0 Å². The van der Waals surface area contributed by atoms with Gasteiger partial charge in [0.05, 0.1) is 19.8 Å². The van der Waals surface area contributed by atoms with Crippen LogP contribution in [-0.2, 0) is 4.74 Å². The second-order valence-corrected chi connectivity index (χ2v) is 6.63. The number of anilines is 1. The third kappa shape index (κ3) is 4.90. The largest absolute Gasteiger partial charge is 0.395 e. The van der Waals surface area contributed by atoms with Crippen molar-refractivity contribution in [2.75, 3.05) is 57.9 Å². The van der Waals surface area contributed by atoms with E-state index in [2.05, 4.69) is 15.2 Å². The highest BCUT2D eigenvalue weighted by molar-refractivity contribution is 5.93. The Labute approximate surface area is 149 Å². The molecule has 0 unspecified atom stereocenters.